The summed E-state index contributed by atoms with van der Waals surface area (Å²) in [6.07, 6.45) is -0.889. The summed E-state index contributed by atoms with van der Waals surface area (Å²) in [7, 11) is 3.20. The minimum Gasteiger partial charge on any atom is -0.497 e. The molecule has 1 N–H and O–H groups in total. The van der Waals surface area contributed by atoms with E-state index in [-0.39, 0.29) is 5.91 Å². The quantitative estimate of drug-likeness (QED) is 0.736. The molecule has 138 valence electrons. The van der Waals surface area contributed by atoms with Crippen LogP contribution in [0.1, 0.15) is 28.4 Å². The molecule has 0 unspecified atom stereocenters. The number of benzene rings is 2. The van der Waals surface area contributed by atoms with Gasteiger partial charge in [0.2, 0.25) is 0 Å². The van der Waals surface area contributed by atoms with Gasteiger partial charge in [-0.2, -0.15) is 0 Å². The van der Waals surface area contributed by atoms with Crippen LogP contribution in [0.2, 0.25) is 0 Å². The summed E-state index contributed by atoms with van der Waals surface area (Å²) < 4.78 is 15.3. The highest BCUT2D eigenvalue weighted by molar-refractivity contribution is 5.92. The third kappa shape index (κ3) is 5.60. The molecular weight excluding hydrogens is 334 g/mol. The molecule has 1 atom stereocenters. The van der Waals surface area contributed by atoms with E-state index < -0.39 is 12.1 Å². The summed E-state index contributed by atoms with van der Waals surface area (Å²) in [5, 5.41) is 2.75. The summed E-state index contributed by atoms with van der Waals surface area (Å²) in [6.45, 7) is 2.36. The van der Waals surface area contributed by atoms with Gasteiger partial charge in [-0.25, -0.2) is 4.79 Å². The van der Waals surface area contributed by atoms with Crippen molar-refractivity contribution in [3.05, 3.63) is 65.2 Å². The maximum Gasteiger partial charge on any atom is 0.338 e. The van der Waals surface area contributed by atoms with Gasteiger partial charge in [0.05, 0.1) is 19.3 Å². The molecule has 0 radical (unpaired) electrons. The van der Waals surface area contributed by atoms with Crippen molar-refractivity contribution in [3.8, 4) is 5.75 Å². The van der Waals surface area contributed by atoms with Crippen LogP contribution in [0, 0.1) is 0 Å². The van der Waals surface area contributed by atoms with E-state index in [9.17, 15) is 9.59 Å². The molecule has 6 nitrogen and oxygen atoms in total. The number of nitrogens with one attached hydrogen (secondary N) is 1. The topological polar surface area (TPSA) is 73.9 Å². The van der Waals surface area contributed by atoms with Crippen LogP contribution >= 0.6 is 0 Å². The molecule has 2 rings (SSSR count). The first-order chi connectivity index (χ1) is 12.5. The first-order valence-corrected chi connectivity index (χ1v) is 8.23. The highest BCUT2D eigenvalue weighted by Gasteiger charge is 2.18. The Morgan fingerprint density at radius 3 is 2.15 bits per heavy atom. The molecule has 0 heterocycles. The highest BCUT2D eigenvalue weighted by Crippen LogP contribution is 2.11. The zero-order valence-electron chi connectivity index (χ0n) is 15.2. The second-order valence-corrected chi connectivity index (χ2v) is 5.74. The van der Waals surface area contributed by atoms with Crippen LogP contribution in [-0.4, -0.2) is 32.2 Å². The van der Waals surface area contributed by atoms with Gasteiger partial charge in [0, 0.05) is 13.7 Å². The Morgan fingerprint density at radius 2 is 1.58 bits per heavy atom. The molecule has 0 fully saturated rings. The molecule has 0 aliphatic carbocycles. The Morgan fingerprint density at radius 1 is 0.962 bits per heavy atom. The molecule has 0 saturated heterocycles. The van der Waals surface area contributed by atoms with Crippen LogP contribution in [0.3, 0.4) is 0 Å². The smallest absolute Gasteiger partial charge is 0.338 e. The molecule has 1 amide bonds. The van der Waals surface area contributed by atoms with Crippen LogP contribution in [0.4, 0.5) is 0 Å². The van der Waals surface area contributed by atoms with E-state index in [0.717, 1.165) is 16.9 Å². The lowest BCUT2D eigenvalue weighted by molar-refractivity contribution is -0.129. The maximum absolute atomic E-state index is 12.1. The Labute approximate surface area is 153 Å². The summed E-state index contributed by atoms with van der Waals surface area (Å²) in [5.41, 5.74) is 2.26. The van der Waals surface area contributed by atoms with Gasteiger partial charge in [0.1, 0.15) is 5.75 Å². The number of methoxy groups -OCH3 is 2. The van der Waals surface area contributed by atoms with E-state index in [2.05, 4.69) is 5.32 Å². The Hall–Kier alpha value is -2.86. The van der Waals surface area contributed by atoms with E-state index in [1.807, 2.05) is 24.3 Å². The van der Waals surface area contributed by atoms with E-state index in [4.69, 9.17) is 14.2 Å². The Bertz CT molecular complexity index is 725. The third-order valence-corrected chi connectivity index (χ3v) is 3.78. The number of amides is 1. The second kappa shape index (κ2) is 9.58. The van der Waals surface area contributed by atoms with Gasteiger partial charge in [0.25, 0.3) is 5.91 Å². The zero-order chi connectivity index (χ0) is 18.9. The SMILES string of the molecule is COCc1ccc(C(=O)O[C@H](C)C(=O)NCc2ccc(OC)cc2)cc1. The van der Waals surface area contributed by atoms with Gasteiger partial charge in [0.15, 0.2) is 6.10 Å². The Kier molecular flexibility index (Phi) is 7.17. The molecular formula is C20H23NO5. The van der Waals surface area contributed by atoms with E-state index in [0.29, 0.717) is 18.7 Å². The molecule has 0 spiro atoms. The fourth-order valence-electron chi connectivity index (χ4n) is 2.26. The van der Waals surface area contributed by atoms with Crippen LogP contribution in [0.5, 0.6) is 5.75 Å². The third-order valence-electron chi connectivity index (χ3n) is 3.78. The fraction of sp³-hybridized carbons (Fsp3) is 0.300. The lowest BCUT2D eigenvalue weighted by Gasteiger charge is -2.14. The molecule has 0 saturated carbocycles. The normalized spacial score (nSPS) is 11.5. The number of ether oxygens (including phenoxy) is 3. The molecule has 26 heavy (non-hydrogen) atoms. The number of rotatable bonds is 8. The predicted molar refractivity (Wildman–Crippen MR) is 96.9 cm³/mol. The molecule has 0 aliphatic rings. The summed E-state index contributed by atoms with van der Waals surface area (Å²) in [5.74, 6) is -0.148. The zero-order valence-corrected chi connectivity index (χ0v) is 15.2. The van der Waals surface area contributed by atoms with Gasteiger partial charge in [-0.15, -0.1) is 0 Å². The van der Waals surface area contributed by atoms with Gasteiger partial charge in [-0.3, -0.25) is 4.79 Å². The number of carbonyl (C=O) groups is 2. The maximum atomic E-state index is 12.1. The predicted octanol–water partition coefficient (Wildman–Crippen LogP) is 2.70. The Balaban J connectivity index is 1.84. The lowest BCUT2D eigenvalue weighted by Crippen LogP contribution is -2.35. The van der Waals surface area contributed by atoms with Crippen molar-refractivity contribution in [2.45, 2.75) is 26.2 Å². The molecule has 2 aromatic carbocycles. The van der Waals surface area contributed by atoms with Crippen molar-refractivity contribution in [1.82, 2.24) is 5.32 Å². The largest absolute Gasteiger partial charge is 0.497 e. The van der Waals surface area contributed by atoms with E-state index >= 15 is 0 Å². The summed E-state index contributed by atoms with van der Waals surface area (Å²) in [4.78, 5) is 24.2. The van der Waals surface area contributed by atoms with E-state index in [1.54, 1.807) is 45.4 Å². The minimum atomic E-state index is -0.889. The number of esters is 1. The van der Waals surface area contributed by atoms with Crippen LogP contribution < -0.4 is 10.1 Å². The van der Waals surface area contributed by atoms with Crippen LogP contribution in [0.25, 0.3) is 0 Å². The van der Waals surface area contributed by atoms with Crippen LogP contribution in [-0.2, 0) is 27.4 Å². The fourth-order valence-corrected chi connectivity index (χ4v) is 2.26. The van der Waals surface area contributed by atoms with E-state index in [1.165, 1.54) is 0 Å². The number of hydrogen-bond donors (Lipinski definition) is 1. The standard InChI is InChI=1S/C20H23NO5/c1-14(19(22)21-12-15-6-10-18(25-3)11-7-15)26-20(23)17-8-4-16(5-9-17)13-24-2/h4-11,14H,12-13H2,1-3H3,(H,21,22)/t14-/m1/s1. The lowest BCUT2D eigenvalue weighted by atomic mass is 10.1. The molecule has 6 heteroatoms. The van der Waals surface area contributed by atoms with Gasteiger partial charge < -0.3 is 19.5 Å². The summed E-state index contributed by atoms with van der Waals surface area (Å²) in [6, 6.07) is 14.2. The van der Waals surface area contributed by atoms with Gasteiger partial charge in [-0.05, 0) is 42.3 Å². The average molecular weight is 357 g/mol. The monoisotopic (exact) mass is 357 g/mol. The first kappa shape index (κ1) is 19.5. The van der Waals surface area contributed by atoms with Crippen LogP contribution in [0.15, 0.2) is 48.5 Å². The average Bonchev–Trinajstić information content (AvgIpc) is 2.67. The molecule has 0 aromatic heterocycles. The van der Waals surface area contributed by atoms with Gasteiger partial charge >= 0.3 is 5.97 Å². The van der Waals surface area contributed by atoms with Crippen molar-refractivity contribution in [3.63, 3.8) is 0 Å². The number of hydrogen-bond acceptors (Lipinski definition) is 5. The highest BCUT2D eigenvalue weighted by atomic mass is 16.5. The van der Waals surface area contributed by atoms with Crippen molar-refractivity contribution >= 4 is 11.9 Å². The molecule has 0 bridgehead atoms. The number of carbonyl (C=O) groups excluding carboxylic acids is 2. The first-order valence-electron chi connectivity index (χ1n) is 8.23. The van der Waals surface area contributed by atoms with Gasteiger partial charge in [-0.1, -0.05) is 24.3 Å². The molecule has 0 aliphatic heterocycles. The second-order valence-electron chi connectivity index (χ2n) is 5.74. The summed E-state index contributed by atoms with van der Waals surface area (Å²) >= 11 is 0. The van der Waals surface area contributed by atoms with Crippen molar-refractivity contribution in [2.75, 3.05) is 14.2 Å². The molecule has 2 aromatic rings. The van der Waals surface area contributed by atoms with Crippen molar-refractivity contribution in [1.29, 1.82) is 0 Å². The van der Waals surface area contributed by atoms with Crippen molar-refractivity contribution < 1.29 is 23.8 Å². The van der Waals surface area contributed by atoms with Crippen molar-refractivity contribution in [2.24, 2.45) is 0 Å². The minimum absolute atomic E-state index is 0.344.